The minimum atomic E-state index is -0.523. The topological polar surface area (TPSA) is 84.2 Å². The Morgan fingerprint density at radius 1 is 1.45 bits per heavy atom. The fraction of sp³-hybridized carbons (Fsp3) is 0.643. The van der Waals surface area contributed by atoms with Gasteiger partial charge in [-0.25, -0.2) is 4.68 Å². The molecule has 0 radical (unpaired) electrons. The Balaban J connectivity index is 2.16. The van der Waals surface area contributed by atoms with Crippen LogP contribution in [0.1, 0.15) is 49.5 Å². The molecule has 1 saturated carbocycles. The Labute approximate surface area is 117 Å². The number of aryl methyl sites for hydroxylation is 1. The molecule has 0 aliphatic heterocycles. The zero-order valence-corrected chi connectivity index (χ0v) is 11.8. The first-order valence-electron chi connectivity index (χ1n) is 7.12. The van der Waals surface area contributed by atoms with Crippen LogP contribution in [-0.2, 0) is 6.54 Å². The van der Waals surface area contributed by atoms with Crippen molar-refractivity contribution in [2.45, 2.75) is 51.1 Å². The molecule has 1 aliphatic carbocycles. The monoisotopic (exact) mass is 279 g/mol. The van der Waals surface area contributed by atoms with E-state index in [1.165, 1.54) is 16.8 Å². The summed E-state index contributed by atoms with van der Waals surface area (Å²) in [6.45, 7) is 2.37. The normalized spacial score (nSPS) is 17.1. The zero-order valence-electron chi connectivity index (χ0n) is 11.8. The summed E-state index contributed by atoms with van der Waals surface area (Å²) in [7, 11) is 0. The van der Waals surface area contributed by atoms with Crippen molar-refractivity contribution < 1.29 is 9.90 Å². The van der Waals surface area contributed by atoms with Crippen molar-refractivity contribution in [3.05, 3.63) is 28.2 Å². The van der Waals surface area contributed by atoms with E-state index in [9.17, 15) is 14.7 Å². The molecule has 0 atom stereocenters. The van der Waals surface area contributed by atoms with Crippen LogP contribution in [0.4, 0.5) is 0 Å². The number of rotatable bonds is 5. The summed E-state index contributed by atoms with van der Waals surface area (Å²) in [5.41, 5.74) is -0.510. The van der Waals surface area contributed by atoms with Crippen LogP contribution in [0.2, 0.25) is 0 Å². The molecule has 1 heterocycles. The summed E-state index contributed by atoms with van der Waals surface area (Å²) in [5, 5.41) is 16.5. The van der Waals surface area contributed by atoms with Gasteiger partial charge in [0.1, 0.15) is 5.69 Å². The SMILES string of the molecule is CCCn1nc(C(=O)NC2(CO)CCCC2)ccc1=O. The number of carbonyl (C=O) groups is 1. The number of hydrogen-bond donors (Lipinski definition) is 2. The smallest absolute Gasteiger partial charge is 0.272 e. The highest BCUT2D eigenvalue weighted by molar-refractivity contribution is 5.92. The number of hydrogen-bond acceptors (Lipinski definition) is 4. The maximum Gasteiger partial charge on any atom is 0.272 e. The highest BCUT2D eigenvalue weighted by Crippen LogP contribution is 2.29. The van der Waals surface area contributed by atoms with Gasteiger partial charge < -0.3 is 10.4 Å². The third-order valence-electron chi connectivity index (χ3n) is 3.78. The van der Waals surface area contributed by atoms with Crippen molar-refractivity contribution in [3.8, 4) is 0 Å². The van der Waals surface area contributed by atoms with Crippen molar-refractivity contribution in [3.63, 3.8) is 0 Å². The van der Waals surface area contributed by atoms with Crippen LogP contribution in [-0.4, -0.2) is 32.9 Å². The molecule has 2 N–H and O–H groups in total. The van der Waals surface area contributed by atoms with Gasteiger partial charge in [-0.2, -0.15) is 5.10 Å². The lowest BCUT2D eigenvalue weighted by molar-refractivity contribution is 0.0831. The predicted molar refractivity (Wildman–Crippen MR) is 74.5 cm³/mol. The van der Waals surface area contributed by atoms with Gasteiger partial charge in [-0.05, 0) is 25.3 Å². The number of nitrogens with zero attached hydrogens (tertiary/aromatic N) is 2. The summed E-state index contributed by atoms with van der Waals surface area (Å²) < 4.78 is 1.30. The molecule has 0 saturated heterocycles. The molecule has 0 bridgehead atoms. The molecular formula is C14H21N3O3. The van der Waals surface area contributed by atoms with Gasteiger partial charge in [-0.1, -0.05) is 19.8 Å². The van der Waals surface area contributed by atoms with E-state index in [4.69, 9.17) is 0 Å². The highest BCUT2D eigenvalue weighted by Gasteiger charge is 2.35. The Morgan fingerprint density at radius 2 is 2.15 bits per heavy atom. The van der Waals surface area contributed by atoms with E-state index >= 15 is 0 Å². The second kappa shape index (κ2) is 6.17. The van der Waals surface area contributed by atoms with Crippen molar-refractivity contribution >= 4 is 5.91 Å². The highest BCUT2D eigenvalue weighted by atomic mass is 16.3. The molecule has 0 aromatic carbocycles. The number of nitrogens with one attached hydrogen (secondary N) is 1. The minimum Gasteiger partial charge on any atom is -0.394 e. The molecule has 1 aromatic heterocycles. The van der Waals surface area contributed by atoms with Gasteiger partial charge in [-0.15, -0.1) is 0 Å². The van der Waals surface area contributed by atoms with E-state index in [2.05, 4.69) is 10.4 Å². The Morgan fingerprint density at radius 3 is 2.75 bits per heavy atom. The molecule has 0 spiro atoms. The summed E-state index contributed by atoms with van der Waals surface area (Å²) in [4.78, 5) is 23.8. The molecule has 20 heavy (non-hydrogen) atoms. The number of aromatic nitrogens is 2. The maximum atomic E-state index is 12.2. The second-order valence-corrected chi connectivity index (χ2v) is 5.38. The zero-order chi connectivity index (χ0) is 14.6. The van der Waals surface area contributed by atoms with Crippen LogP contribution in [0, 0.1) is 0 Å². The van der Waals surface area contributed by atoms with Gasteiger partial charge in [0.05, 0.1) is 12.1 Å². The van der Waals surface area contributed by atoms with E-state index in [0.29, 0.717) is 6.54 Å². The van der Waals surface area contributed by atoms with Gasteiger partial charge in [0.25, 0.3) is 11.5 Å². The van der Waals surface area contributed by atoms with Gasteiger partial charge in [-0.3, -0.25) is 9.59 Å². The molecule has 0 unspecified atom stereocenters. The largest absolute Gasteiger partial charge is 0.394 e. The van der Waals surface area contributed by atoms with E-state index in [0.717, 1.165) is 32.1 Å². The van der Waals surface area contributed by atoms with E-state index < -0.39 is 5.54 Å². The number of amides is 1. The third kappa shape index (κ3) is 3.07. The van der Waals surface area contributed by atoms with Crippen molar-refractivity contribution in [1.82, 2.24) is 15.1 Å². The molecule has 2 rings (SSSR count). The lowest BCUT2D eigenvalue weighted by Gasteiger charge is -2.27. The van der Waals surface area contributed by atoms with Gasteiger partial charge in [0.2, 0.25) is 0 Å². The van der Waals surface area contributed by atoms with Crippen LogP contribution < -0.4 is 10.9 Å². The van der Waals surface area contributed by atoms with Crippen molar-refractivity contribution in [2.75, 3.05) is 6.61 Å². The van der Waals surface area contributed by atoms with Crippen LogP contribution in [0.15, 0.2) is 16.9 Å². The summed E-state index contributed by atoms with van der Waals surface area (Å²) in [6, 6.07) is 2.79. The Bertz CT molecular complexity index is 533. The average molecular weight is 279 g/mol. The molecule has 1 fully saturated rings. The Kier molecular flexibility index (Phi) is 4.54. The van der Waals surface area contributed by atoms with Crippen LogP contribution in [0.25, 0.3) is 0 Å². The fourth-order valence-electron chi connectivity index (χ4n) is 2.62. The summed E-state index contributed by atoms with van der Waals surface area (Å²) >= 11 is 0. The first-order chi connectivity index (χ1) is 9.60. The number of aliphatic hydroxyl groups is 1. The van der Waals surface area contributed by atoms with Crippen molar-refractivity contribution in [1.29, 1.82) is 0 Å². The third-order valence-corrected chi connectivity index (χ3v) is 3.78. The average Bonchev–Trinajstić information content (AvgIpc) is 2.90. The predicted octanol–water partition coefficient (Wildman–Crippen LogP) is 0.688. The van der Waals surface area contributed by atoms with E-state index in [1.54, 1.807) is 0 Å². The van der Waals surface area contributed by atoms with Crippen LogP contribution >= 0.6 is 0 Å². The van der Waals surface area contributed by atoms with E-state index in [1.807, 2.05) is 6.92 Å². The van der Waals surface area contributed by atoms with E-state index in [-0.39, 0.29) is 23.8 Å². The fourth-order valence-corrected chi connectivity index (χ4v) is 2.62. The van der Waals surface area contributed by atoms with Crippen LogP contribution in [0.5, 0.6) is 0 Å². The molecule has 110 valence electrons. The minimum absolute atomic E-state index is 0.0622. The lowest BCUT2D eigenvalue weighted by Crippen LogP contribution is -2.49. The Hall–Kier alpha value is -1.69. The van der Waals surface area contributed by atoms with Crippen LogP contribution in [0.3, 0.4) is 0 Å². The number of aliphatic hydroxyl groups excluding tert-OH is 1. The van der Waals surface area contributed by atoms with Crippen molar-refractivity contribution in [2.24, 2.45) is 0 Å². The summed E-state index contributed by atoms with van der Waals surface area (Å²) in [5.74, 6) is -0.328. The molecule has 6 heteroatoms. The number of carbonyl (C=O) groups excluding carboxylic acids is 1. The first-order valence-corrected chi connectivity index (χ1v) is 7.12. The van der Waals surface area contributed by atoms with Gasteiger partial charge in [0, 0.05) is 12.6 Å². The molecular weight excluding hydrogens is 258 g/mol. The molecule has 1 aromatic rings. The maximum absolute atomic E-state index is 12.2. The van der Waals surface area contributed by atoms with Gasteiger partial charge >= 0.3 is 0 Å². The molecule has 6 nitrogen and oxygen atoms in total. The molecule has 1 amide bonds. The molecule has 1 aliphatic rings. The lowest BCUT2D eigenvalue weighted by atomic mass is 9.99. The quantitative estimate of drug-likeness (QED) is 0.830. The summed E-state index contributed by atoms with van der Waals surface area (Å²) in [6.07, 6.45) is 4.35. The first kappa shape index (κ1) is 14.7. The standard InChI is InChI=1S/C14H21N3O3/c1-2-9-17-12(19)6-5-11(16-17)13(20)15-14(10-18)7-3-4-8-14/h5-6,18H,2-4,7-10H2,1H3,(H,15,20). The second-order valence-electron chi connectivity index (χ2n) is 5.38. The van der Waals surface area contributed by atoms with Gasteiger partial charge in [0.15, 0.2) is 0 Å².